The van der Waals surface area contributed by atoms with Crippen LogP contribution in [0.15, 0.2) is 30.6 Å². The molecule has 1 saturated heterocycles. The molecule has 10 nitrogen and oxygen atoms in total. The highest BCUT2D eigenvalue weighted by molar-refractivity contribution is 5.79. The fourth-order valence-corrected chi connectivity index (χ4v) is 5.81. The van der Waals surface area contributed by atoms with Gasteiger partial charge in [-0.3, -0.25) is 14.5 Å². The van der Waals surface area contributed by atoms with E-state index in [4.69, 9.17) is 9.47 Å². The second-order valence-corrected chi connectivity index (χ2v) is 11.0. The summed E-state index contributed by atoms with van der Waals surface area (Å²) in [6.07, 6.45) is 7.77. The Balaban J connectivity index is 1.57. The molecule has 39 heavy (non-hydrogen) atoms. The number of unbranched alkanes of at least 4 members (excludes halogenated alkanes) is 1. The number of amides is 1. The first kappa shape index (κ1) is 28.9. The normalized spacial score (nSPS) is 20.6. The maximum Gasteiger partial charge on any atom is 0.308 e. The van der Waals surface area contributed by atoms with Crippen molar-refractivity contribution in [1.82, 2.24) is 24.3 Å². The molecule has 3 atom stereocenters. The molecule has 4 rings (SSSR count). The minimum Gasteiger partial charge on any atom is -0.481 e. The van der Waals surface area contributed by atoms with Crippen molar-refractivity contribution in [2.24, 2.45) is 13.0 Å². The van der Waals surface area contributed by atoms with Crippen LogP contribution in [0, 0.1) is 5.92 Å². The molecule has 1 N–H and O–H groups in total. The Bertz CT molecular complexity index is 1120. The number of rotatable bonds is 14. The molecule has 1 aromatic heterocycles. The van der Waals surface area contributed by atoms with E-state index >= 15 is 0 Å². The monoisotopic (exact) mass is 541 g/mol. The number of fused-ring (bicyclic) bond motifs is 1. The van der Waals surface area contributed by atoms with E-state index in [1.807, 2.05) is 55.0 Å². The number of hydrogen-bond donors (Lipinski definition) is 1. The molecule has 214 valence electrons. The van der Waals surface area contributed by atoms with Crippen LogP contribution in [0.1, 0.15) is 49.9 Å². The molecule has 10 heteroatoms. The van der Waals surface area contributed by atoms with Crippen LogP contribution in [0.5, 0.6) is 11.5 Å². The average molecular weight is 542 g/mol. The number of ether oxygens (including phenoxy) is 2. The highest BCUT2D eigenvalue weighted by atomic mass is 16.7. The van der Waals surface area contributed by atoms with E-state index in [0.29, 0.717) is 37.4 Å². The first-order valence-electron chi connectivity index (χ1n) is 14.0. The number of carbonyl (C=O) groups is 2. The Morgan fingerprint density at radius 2 is 1.90 bits per heavy atom. The Labute approximate surface area is 231 Å². The molecule has 3 heterocycles. The lowest BCUT2D eigenvalue weighted by Gasteiger charge is -2.30. The smallest absolute Gasteiger partial charge is 0.308 e. The van der Waals surface area contributed by atoms with Gasteiger partial charge in [-0.05, 0) is 57.6 Å². The maximum atomic E-state index is 13.7. The van der Waals surface area contributed by atoms with Gasteiger partial charge in [-0.25, -0.2) is 4.98 Å². The third kappa shape index (κ3) is 7.10. The van der Waals surface area contributed by atoms with Crippen molar-refractivity contribution >= 4 is 11.9 Å². The number of benzene rings is 1. The molecule has 2 aromatic rings. The summed E-state index contributed by atoms with van der Waals surface area (Å²) in [5.74, 6) is 0.523. The highest BCUT2D eigenvalue weighted by Crippen LogP contribution is 2.43. The van der Waals surface area contributed by atoms with Crippen LogP contribution in [0.25, 0.3) is 0 Å². The molecular weight excluding hydrogens is 498 g/mol. The lowest BCUT2D eigenvalue weighted by molar-refractivity contribution is -0.143. The van der Waals surface area contributed by atoms with Gasteiger partial charge < -0.3 is 28.9 Å². The summed E-state index contributed by atoms with van der Waals surface area (Å²) in [4.78, 5) is 37.1. The van der Waals surface area contributed by atoms with Crippen LogP contribution in [-0.4, -0.2) is 101 Å². The van der Waals surface area contributed by atoms with E-state index in [1.54, 1.807) is 6.20 Å². The third-order valence-electron chi connectivity index (χ3n) is 7.95. The van der Waals surface area contributed by atoms with E-state index in [1.165, 1.54) is 0 Å². The van der Waals surface area contributed by atoms with Crippen LogP contribution >= 0.6 is 0 Å². The van der Waals surface area contributed by atoms with Gasteiger partial charge in [0.1, 0.15) is 5.82 Å². The zero-order valence-corrected chi connectivity index (χ0v) is 23.7. The summed E-state index contributed by atoms with van der Waals surface area (Å²) < 4.78 is 13.0. The van der Waals surface area contributed by atoms with Gasteiger partial charge >= 0.3 is 5.97 Å². The van der Waals surface area contributed by atoms with Crippen molar-refractivity contribution in [3.63, 3.8) is 0 Å². The van der Waals surface area contributed by atoms with Crippen LogP contribution < -0.4 is 9.47 Å². The van der Waals surface area contributed by atoms with E-state index in [2.05, 4.69) is 21.7 Å². The number of carbonyl (C=O) groups excluding carboxylic acids is 1. The van der Waals surface area contributed by atoms with Crippen LogP contribution in [0.2, 0.25) is 0 Å². The van der Waals surface area contributed by atoms with Gasteiger partial charge in [0.05, 0.1) is 12.5 Å². The van der Waals surface area contributed by atoms with Gasteiger partial charge in [-0.1, -0.05) is 19.4 Å². The minimum absolute atomic E-state index is 0.0691. The van der Waals surface area contributed by atoms with Gasteiger partial charge in [-0.15, -0.1) is 0 Å². The Morgan fingerprint density at radius 1 is 1.13 bits per heavy atom. The fraction of sp³-hybridized carbons (Fsp3) is 0.621. The summed E-state index contributed by atoms with van der Waals surface area (Å²) in [5.41, 5.74) is 0.900. The van der Waals surface area contributed by atoms with E-state index in [-0.39, 0.29) is 31.2 Å². The van der Waals surface area contributed by atoms with Crippen molar-refractivity contribution in [3.05, 3.63) is 42.0 Å². The molecule has 0 spiro atoms. The van der Waals surface area contributed by atoms with Gasteiger partial charge in [-0.2, -0.15) is 0 Å². The molecule has 1 aromatic carbocycles. The van der Waals surface area contributed by atoms with Crippen molar-refractivity contribution in [1.29, 1.82) is 0 Å². The lowest BCUT2D eigenvalue weighted by atomic mass is 9.83. The van der Waals surface area contributed by atoms with Gasteiger partial charge in [0, 0.05) is 57.5 Å². The van der Waals surface area contributed by atoms with Crippen molar-refractivity contribution in [2.75, 3.05) is 53.6 Å². The first-order chi connectivity index (χ1) is 18.8. The van der Waals surface area contributed by atoms with Gasteiger partial charge in [0.2, 0.25) is 12.7 Å². The third-order valence-corrected chi connectivity index (χ3v) is 7.95. The molecule has 1 fully saturated rings. The van der Waals surface area contributed by atoms with Crippen molar-refractivity contribution in [2.45, 2.75) is 51.0 Å². The van der Waals surface area contributed by atoms with Crippen LogP contribution in [0.4, 0.5) is 0 Å². The summed E-state index contributed by atoms with van der Waals surface area (Å²) in [5, 5.41) is 10.5. The summed E-state index contributed by atoms with van der Waals surface area (Å²) in [7, 11) is 6.02. The number of aryl methyl sites for hydroxylation is 2. The topological polar surface area (TPSA) is 100 Å². The highest BCUT2D eigenvalue weighted by Gasteiger charge is 2.47. The Kier molecular flexibility index (Phi) is 9.85. The molecule has 0 radical (unpaired) electrons. The lowest BCUT2D eigenvalue weighted by Crippen LogP contribution is -2.45. The van der Waals surface area contributed by atoms with Gasteiger partial charge in [0.25, 0.3) is 0 Å². The molecule has 0 bridgehead atoms. The quantitative estimate of drug-likeness (QED) is 0.390. The van der Waals surface area contributed by atoms with Crippen molar-refractivity contribution < 1.29 is 24.2 Å². The number of aromatic nitrogens is 2. The molecular formula is C29H43N5O5. The van der Waals surface area contributed by atoms with E-state index < -0.39 is 11.9 Å². The second-order valence-electron chi connectivity index (χ2n) is 11.0. The molecule has 3 unspecified atom stereocenters. The molecule has 2 aliphatic heterocycles. The predicted molar refractivity (Wildman–Crippen MR) is 148 cm³/mol. The first-order valence-corrected chi connectivity index (χ1v) is 14.0. The number of nitrogens with zero attached hydrogens (tertiary/aromatic N) is 5. The largest absolute Gasteiger partial charge is 0.481 e. The molecule has 0 aliphatic carbocycles. The van der Waals surface area contributed by atoms with Gasteiger partial charge in [0.15, 0.2) is 11.5 Å². The minimum atomic E-state index is -0.841. The summed E-state index contributed by atoms with van der Waals surface area (Å²) >= 11 is 0. The number of aliphatic carboxylic acids is 1. The number of carboxylic acid groups (broad SMARTS) is 1. The predicted octanol–water partition coefficient (Wildman–Crippen LogP) is 2.83. The zero-order valence-electron chi connectivity index (χ0n) is 23.7. The van der Waals surface area contributed by atoms with E-state index in [9.17, 15) is 14.7 Å². The number of likely N-dealkylation sites (tertiary alicyclic amines) is 1. The van der Waals surface area contributed by atoms with Crippen molar-refractivity contribution in [3.8, 4) is 11.5 Å². The second kappa shape index (κ2) is 13.3. The molecule has 1 amide bonds. The van der Waals surface area contributed by atoms with Crippen LogP contribution in [-0.2, 0) is 23.1 Å². The average Bonchev–Trinajstić information content (AvgIpc) is 3.62. The summed E-state index contributed by atoms with van der Waals surface area (Å²) in [6.45, 7) is 5.34. The SMILES string of the molecule is CCCCN(CCCN(C)C)C(=O)CN1CC(c2ccc3c(c2)OCO3)C(C(=O)O)C1CCc1nccn1C. The Morgan fingerprint density at radius 3 is 2.59 bits per heavy atom. The standard InChI is InChI=1S/C29H43N5O5/c1-5-6-14-33(15-7-13-31(2)3)27(35)19-34-18-22(21-8-10-24-25(17-21)39-20-38-24)28(29(36)37)23(34)9-11-26-30-12-16-32(26)4/h8,10,12,16-17,22-23,28H,5-7,9,11,13-15,18-20H2,1-4H3,(H,36,37). The fourth-order valence-electron chi connectivity index (χ4n) is 5.81. The zero-order chi connectivity index (χ0) is 27.9. The maximum absolute atomic E-state index is 13.7. The number of hydrogen-bond acceptors (Lipinski definition) is 7. The number of carboxylic acids is 1. The molecule has 2 aliphatic rings. The summed E-state index contributed by atoms with van der Waals surface area (Å²) in [6, 6.07) is 5.39. The Hall–Kier alpha value is -3.11. The number of imidazole rings is 1. The molecule has 0 saturated carbocycles. The van der Waals surface area contributed by atoms with Crippen LogP contribution in [0.3, 0.4) is 0 Å². The van der Waals surface area contributed by atoms with E-state index in [0.717, 1.165) is 43.7 Å².